The second-order valence-corrected chi connectivity index (χ2v) is 4.91. The first-order chi connectivity index (χ1) is 7.60. The summed E-state index contributed by atoms with van der Waals surface area (Å²) in [5.74, 6) is 1.07. The summed E-state index contributed by atoms with van der Waals surface area (Å²) in [4.78, 5) is 4.28. The van der Waals surface area contributed by atoms with E-state index < -0.39 is 5.60 Å². The van der Waals surface area contributed by atoms with Crippen molar-refractivity contribution < 1.29 is 9.52 Å². The van der Waals surface area contributed by atoms with Crippen molar-refractivity contribution in [3.05, 3.63) is 29.7 Å². The molecular weight excluding hydrogens is 202 g/mol. The van der Waals surface area contributed by atoms with Crippen molar-refractivity contribution in [1.29, 1.82) is 0 Å². The third-order valence-corrected chi connectivity index (χ3v) is 3.25. The van der Waals surface area contributed by atoms with E-state index >= 15 is 0 Å². The van der Waals surface area contributed by atoms with Crippen LogP contribution in [-0.2, 0) is 5.60 Å². The second kappa shape index (κ2) is 3.08. The van der Waals surface area contributed by atoms with Crippen molar-refractivity contribution in [2.45, 2.75) is 38.2 Å². The van der Waals surface area contributed by atoms with E-state index in [-0.39, 0.29) is 0 Å². The van der Waals surface area contributed by atoms with Crippen LogP contribution in [-0.4, -0.2) is 10.1 Å². The number of hydrogen-bond acceptors (Lipinski definition) is 3. The van der Waals surface area contributed by atoms with E-state index in [0.29, 0.717) is 11.7 Å². The molecule has 2 heterocycles. The largest absolute Gasteiger partial charge is 0.456 e. The molecule has 16 heavy (non-hydrogen) atoms. The molecule has 0 unspecified atom stereocenters. The molecule has 0 amide bonds. The Bertz CT molecular complexity index is 538. The quantitative estimate of drug-likeness (QED) is 0.841. The van der Waals surface area contributed by atoms with E-state index in [4.69, 9.17) is 4.42 Å². The zero-order valence-electron chi connectivity index (χ0n) is 9.53. The zero-order valence-corrected chi connectivity index (χ0v) is 9.53. The van der Waals surface area contributed by atoms with Crippen LogP contribution in [0.2, 0.25) is 0 Å². The molecule has 1 saturated carbocycles. The minimum atomic E-state index is -0.713. The van der Waals surface area contributed by atoms with Gasteiger partial charge in [0.2, 0.25) is 0 Å². The van der Waals surface area contributed by atoms with E-state index in [1.807, 2.05) is 12.1 Å². The fraction of sp³-hybridized carbons (Fsp3) is 0.462. The van der Waals surface area contributed by atoms with Crippen LogP contribution >= 0.6 is 0 Å². The highest BCUT2D eigenvalue weighted by Crippen LogP contribution is 2.47. The number of rotatable bonds is 2. The van der Waals surface area contributed by atoms with Gasteiger partial charge < -0.3 is 9.52 Å². The Morgan fingerprint density at radius 3 is 2.81 bits per heavy atom. The monoisotopic (exact) mass is 217 g/mol. The summed E-state index contributed by atoms with van der Waals surface area (Å²) in [6, 6.07) is 3.85. The molecule has 3 nitrogen and oxygen atoms in total. The van der Waals surface area contributed by atoms with Crippen LogP contribution in [0.15, 0.2) is 22.7 Å². The van der Waals surface area contributed by atoms with Gasteiger partial charge in [-0.05, 0) is 24.8 Å². The minimum Gasteiger partial charge on any atom is -0.456 e. The molecule has 0 spiro atoms. The number of aromatic nitrogens is 1. The van der Waals surface area contributed by atoms with Crippen molar-refractivity contribution in [2.24, 2.45) is 0 Å². The molecule has 2 aromatic rings. The van der Waals surface area contributed by atoms with Gasteiger partial charge >= 0.3 is 0 Å². The maximum atomic E-state index is 10.0. The lowest BCUT2D eigenvalue weighted by atomic mass is 10.0. The third kappa shape index (κ3) is 1.35. The predicted octanol–water partition coefficient (Wildman–Crippen LogP) is 2.93. The Hall–Kier alpha value is -1.35. The molecule has 1 aliphatic rings. The van der Waals surface area contributed by atoms with Gasteiger partial charge in [-0.2, -0.15) is 0 Å². The molecule has 0 saturated heterocycles. The van der Waals surface area contributed by atoms with Gasteiger partial charge in [-0.1, -0.05) is 13.8 Å². The molecule has 3 rings (SSSR count). The average molecular weight is 217 g/mol. The summed E-state index contributed by atoms with van der Waals surface area (Å²) in [6.45, 7) is 4.26. The number of nitrogens with zero attached hydrogens (tertiary/aromatic N) is 1. The van der Waals surface area contributed by atoms with Crippen molar-refractivity contribution in [2.75, 3.05) is 0 Å². The Balaban J connectivity index is 2.20. The van der Waals surface area contributed by atoms with Crippen molar-refractivity contribution in [1.82, 2.24) is 4.98 Å². The molecular formula is C13H15NO2. The molecule has 0 radical (unpaired) electrons. The normalized spacial score (nSPS) is 18.2. The fourth-order valence-corrected chi connectivity index (χ4v) is 2.01. The number of pyridine rings is 1. The Morgan fingerprint density at radius 1 is 1.44 bits per heavy atom. The van der Waals surface area contributed by atoms with Gasteiger partial charge in [-0.15, -0.1) is 0 Å². The molecule has 1 fully saturated rings. The van der Waals surface area contributed by atoms with Crippen LogP contribution in [0.5, 0.6) is 0 Å². The maximum Gasteiger partial charge on any atom is 0.156 e. The fourth-order valence-electron chi connectivity index (χ4n) is 2.01. The average Bonchev–Trinajstić information content (AvgIpc) is 2.85. The van der Waals surface area contributed by atoms with Crippen LogP contribution in [0, 0.1) is 0 Å². The standard InChI is InChI=1S/C13H15NO2/c1-8(2)9-3-6-14-10-7-11(16-12(9)10)13(15)4-5-13/h3,6-8,15H,4-5H2,1-2H3. The first-order valence-corrected chi connectivity index (χ1v) is 5.71. The molecule has 0 aromatic carbocycles. The third-order valence-electron chi connectivity index (χ3n) is 3.25. The van der Waals surface area contributed by atoms with E-state index in [0.717, 1.165) is 29.5 Å². The van der Waals surface area contributed by atoms with E-state index in [9.17, 15) is 5.11 Å². The highest BCUT2D eigenvalue weighted by Gasteiger charge is 2.45. The van der Waals surface area contributed by atoms with Gasteiger partial charge in [-0.25, -0.2) is 0 Å². The van der Waals surface area contributed by atoms with Gasteiger partial charge in [0, 0.05) is 17.8 Å². The Morgan fingerprint density at radius 2 is 2.19 bits per heavy atom. The van der Waals surface area contributed by atoms with Crippen LogP contribution in [0.4, 0.5) is 0 Å². The molecule has 3 heteroatoms. The van der Waals surface area contributed by atoms with E-state index in [1.54, 1.807) is 6.20 Å². The molecule has 1 N–H and O–H groups in total. The molecule has 0 atom stereocenters. The van der Waals surface area contributed by atoms with Crippen molar-refractivity contribution in [3.8, 4) is 0 Å². The smallest absolute Gasteiger partial charge is 0.156 e. The molecule has 2 aromatic heterocycles. The number of furan rings is 1. The van der Waals surface area contributed by atoms with Gasteiger partial charge in [0.15, 0.2) is 5.58 Å². The van der Waals surface area contributed by atoms with Crippen molar-refractivity contribution in [3.63, 3.8) is 0 Å². The first-order valence-electron chi connectivity index (χ1n) is 5.71. The summed E-state index contributed by atoms with van der Waals surface area (Å²) in [7, 11) is 0. The van der Waals surface area contributed by atoms with Gasteiger partial charge in [-0.3, -0.25) is 4.98 Å². The summed E-state index contributed by atoms with van der Waals surface area (Å²) in [5, 5.41) is 10.0. The number of fused-ring (bicyclic) bond motifs is 1. The predicted molar refractivity (Wildman–Crippen MR) is 61.2 cm³/mol. The molecule has 0 aliphatic heterocycles. The maximum absolute atomic E-state index is 10.0. The highest BCUT2D eigenvalue weighted by molar-refractivity contribution is 5.77. The number of aliphatic hydroxyl groups is 1. The Labute approximate surface area is 94.1 Å². The lowest BCUT2D eigenvalue weighted by Gasteiger charge is -2.05. The zero-order chi connectivity index (χ0) is 11.3. The summed E-state index contributed by atoms with van der Waals surface area (Å²) < 4.78 is 5.77. The number of hydrogen-bond donors (Lipinski definition) is 1. The minimum absolute atomic E-state index is 0.401. The molecule has 0 bridgehead atoms. The summed E-state index contributed by atoms with van der Waals surface area (Å²) in [5.41, 5.74) is 2.12. The first kappa shape index (κ1) is 9.85. The topological polar surface area (TPSA) is 46.3 Å². The van der Waals surface area contributed by atoms with Gasteiger partial charge in [0.05, 0.1) is 0 Å². The Kier molecular flexibility index (Phi) is 1.89. The van der Waals surface area contributed by atoms with Gasteiger partial charge in [0.1, 0.15) is 16.9 Å². The van der Waals surface area contributed by atoms with Crippen LogP contribution in [0.25, 0.3) is 11.1 Å². The van der Waals surface area contributed by atoms with Crippen LogP contribution in [0.1, 0.15) is 43.9 Å². The van der Waals surface area contributed by atoms with Crippen LogP contribution in [0.3, 0.4) is 0 Å². The van der Waals surface area contributed by atoms with Crippen LogP contribution < -0.4 is 0 Å². The highest BCUT2D eigenvalue weighted by atomic mass is 16.4. The lowest BCUT2D eigenvalue weighted by molar-refractivity contribution is 0.125. The second-order valence-electron chi connectivity index (χ2n) is 4.91. The molecule has 1 aliphatic carbocycles. The van der Waals surface area contributed by atoms with E-state index in [1.165, 1.54) is 0 Å². The summed E-state index contributed by atoms with van der Waals surface area (Å²) >= 11 is 0. The van der Waals surface area contributed by atoms with Crippen molar-refractivity contribution >= 4 is 11.1 Å². The molecule has 84 valence electrons. The van der Waals surface area contributed by atoms with E-state index in [2.05, 4.69) is 18.8 Å². The summed E-state index contributed by atoms with van der Waals surface area (Å²) in [6.07, 6.45) is 3.39. The lowest BCUT2D eigenvalue weighted by Crippen LogP contribution is -2.01. The SMILES string of the molecule is CC(C)c1ccnc2cc(C3(O)CC3)oc12. The van der Waals surface area contributed by atoms with Gasteiger partial charge in [0.25, 0.3) is 0 Å².